The lowest BCUT2D eigenvalue weighted by molar-refractivity contribution is 0.142. The van der Waals surface area contributed by atoms with Gasteiger partial charge in [-0.1, -0.05) is 450 Å². The van der Waals surface area contributed by atoms with E-state index in [-0.39, 0.29) is 12.2 Å². The molecule has 0 heterocycles. The van der Waals surface area contributed by atoms with Crippen LogP contribution in [0.4, 0.5) is 9.59 Å². The maximum Gasteiger partial charge on any atom is 0.407 e. The van der Waals surface area contributed by atoms with Crippen molar-refractivity contribution in [3.63, 3.8) is 0 Å². The van der Waals surface area contributed by atoms with Gasteiger partial charge in [0.1, 0.15) is 0 Å². The molecule has 0 aromatic rings. The van der Waals surface area contributed by atoms with E-state index in [4.69, 9.17) is 9.47 Å². The lowest BCUT2D eigenvalue weighted by atomic mass is 10.0. The molecule has 0 aliphatic rings. The van der Waals surface area contributed by atoms with Crippen LogP contribution in [0.2, 0.25) is 0 Å². The lowest BCUT2D eigenvalue weighted by Crippen LogP contribution is -2.26. The van der Waals surface area contributed by atoms with Crippen LogP contribution in [0.3, 0.4) is 0 Å². The van der Waals surface area contributed by atoms with Crippen LogP contribution < -0.4 is 10.6 Å². The van der Waals surface area contributed by atoms with Crippen molar-refractivity contribution in [2.45, 2.75) is 476 Å². The van der Waals surface area contributed by atoms with Gasteiger partial charge in [-0.25, -0.2) is 9.59 Å². The summed E-state index contributed by atoms with van der Waals surface area (Å²) >= 11 is 0. The topological polar surface area (TPSA) is 76.7 Å². The second kappa shape index (κ2) is 79.6. The fraction of sp³-hybridized carbons (Fsp3) is 0.975. The Kier molecular flexibility index (Phi) is 78.3. The van der Waals surface area contributed by atoms with Crippen LogP contribution in [0, 0.1) is 0 Å². The Morgan fingerprint density at radius 2 is 0.291 bits per heavy atom. The van der Waals surface area contributed by atoms with E-state index in [1.165, 1.54) is 411 Å². The Bertz CT molecular complexity index is 1140. The van der Waals surface area contributed by atoms with Crippen molar-refractivity contribution in [3.8, 4) is 0 Å². The molecule has 6 heteroatoms. The molecule has 0 aromatic carbocycles. The van der Waals surface area contributed by atoms with Crippen LogP contribution in [0.15, 0.2) is 0 Å². The summed E-state index contributed by atoms with van der Waals surface area (Å²) in [5.74, 6) is 0. The molecule has 0 aromatic heterocycles. The Labute approximate surface area is 541 Å². The van der Waals surface area contributed by atoms with Crippen LogP contribution in [0.25, 0.3) is 0 Å². The minimum absolute atomic E-state index is 0.285. The fourth-order valence-corrected chi connectivity index (χ4v) is 13.1. The standard InChI is InChI=1S/C80H160N2O4/c1-3-5-7-9-11-13-15-17-19-21-23-25-27-29-31-33-35-37-39-41-43-45-47-49-51-53-55-57-59-61-63-65-69-73-77-85-79(83)81-75-71-67-68-72-76-82-80(84)86-78-74-70-66-64-62-60-58-56-54-52-50-48-46-44-42-40-38-36-34-32-30-28-26-24-22-20-18-16-14-12-10-8-6-4-2/h3-78H2,1-2H3,(H,81,83)(H,82,84). The van der Waals surface area contributed by atoms with E-state index < -0.39 is 0 Å². The van der Waals surface area contributed by atoms with Gasteiger partial charge in [0.25, 0.3) is 0 Å². The molecule has 0 rings (SSSR count). The van der Waals surface area contributed by atoms with Crippen molar-refractivity contribution in [3.05, 3.63) is 0 Å². The second-order valence-electron chi connectivity index (χ2n) is 27.9. The molecule has 0 spiro atoms. The summed E-state index contributed by atoms with van der Waals surface area (Å²) in [6.07, 6.45) is 99.7. The minimum atomic E-state index is -0.285. The normalized spacial score (nSPS) is 11.5. The maximum atomic E-state index is 12.1. The molecule has 514 valence electrons. The first kappa shape index (κ1) is 84.5. The summed E-state index contributed by atoms with van der Waals surface area (Å²) in [6, 6.07) is 0. The smallest absolute Gasteiger partial charge is 0.407 e. The molecule has 0 saturated heterocycles. The fourth-order valence-electron chi connectivity index (χ4n) is 13.1. The zero-order chi connectivity index (χ0) is 61.7. The molecule has 0 aliphatic heterocycles. The molecule has 0 saturated carbocycles. The number of carbonyl (C=O) groups excluding carboxylic acids is 2. The number of unbranched alkanes of at least 4 members (excludes halogenated alkanes) is 69. The Morgan fingerprint density at radius 1 is 0.174 bits per heavy atom. The summed E-state index contributed by atoms with van der Waals surface area (Å²) < 4.78 is 10.8. The van der Waals surface area contributed by atoms with E-state index in [1.807, 2.05) is 0 Å². The second-order valence-corrected chi connectivity index (χ2v) is 27.9. The Morgan fingerprint density at radius 3 is 0.430 bits per heavy atom. The first-order chi connectivity index (χ1) is 42.7. The van der Waals surface area contributed by atoms with Gasteiger partial charge in [-0.2, -0.15) is 0 Å². The summed E-state index contributed by atoms with van der Waals surface area (Å²) in [4.78, 5) is 24.1. The first-order valence-electron chi connectivity index (χ1n) is 40.5. The molecule has 6 nitrogen and oxygen atoms in total. The van der Waals surface area contributed by atoms with E-state index in [0.717, 1.165) is 51.4 Å². The number of rotatable bonds is 77. The van der Waals surface area contributed by atoms with Crippen molar-refractivity contribution in [2.75, 3.05) is 26.3 Å². The van der Waals surface area contributed by atoms with Gasteiger partial charge < -0.3 is 20.1 Å². The molecule has 2 amide bonds. The molecular formula is C80H160N2O4. The van der Waals surface area contributed by atoms with E-state index in [0.29, 0.717) is 26.3 Å². The molecule has 0 fully saturated rings. The predicted octanol–water partition coefficient (Wildman–Crippen LogP) is 28.6. The van der Waals surface area contributed by atoms with E-state index in [9.17, 15) is 9.59 Å². The number of hydrogen-bond donors (Lipinski definition) is 2. The monoisotopic (exact) mass is 1210 g/mol. The number of ether oxygens (including phenoxy) is 2. The first-order valence-corrected chi connectivity index (χ1v) is 40.5. The molecule has 2 N–H and O–H groups in total. The van der Waals surface area contributed by atoms with E-state index in [2.05, 4.69) is 24.5 Å². The van der Waals surface area contributed by atoms with Crippen LogP contribution >= 0.6 is 0 Å². The van der Waals surface area contributed by atoms with Crippen molar-refractivity contribution in [1.82, 2.24) is 10.6 Å². The molecule has 0 atom stereocenters. The highest BCUT2D eigenvalue weighted by molar-refractivity contribution is 5.67. The summed E-state index contributed by atoms with van der Waals surface area (Å²) in [7, 11) is 0. The molecule has 0 aliphatic carbocycles. The van der Waals surface area contributed by atoms with Gasteiger partial charge in [-0.3, -0.25) is 0 Å². The summed E-state index contributed by atoms with van der Waals surface area (Å²) in [5.41, 5.74) is 0. The van der Waals surface area contributed by atoms with Crippen molar-refractivity contribution in [2.24, 2.45) is 0 Å². The van der Waals surface area contributed by atoms with Gasteiger partial charge in [0.05, 0.1) is 13.2 Å². The number of amides is 2. The van der Waals surface area contributed by atoms with Crippen LogP contribution in [-0.2, 0) is 9.47 Å². The van der Waals surface area contributed by atoms with Crippen molar-refractivity contribution in [1.29, 1.82) is 0 Å². The summed E-state index contributed by atoms with van der Waals surface area (Å²) in [6.45, 7) is 6.95. The molecule has 86 heavy (non-hydrogen) atoms. The Hall–Kier alpha value is -1.46. The average Bonchev–Trinajstić information content (AvgIpc) is 3.52. The quantitative estimate of drug-likeness (QED) is 0.0595. The van der Waals surface area contributed by atoms with E-state index >= 15 is 0 Å². The van der Waals surface area contributed by atoms with Gasteiger partial charge in [-0.15, -0.1) is 0 Å². The van der Waals surface area contributed by atoms with Crippen LogP contribution in [0.1, 0.15) is 476 Å². The maximum absolute atomic E-state index is 12.1. The third-order valence-corrected chi connectivity index (χ3v) is 19.1. The lowest BCUT2D eigenvalue weighted by Gasteiger charge is -2.08. The number of alkyl carbamates (subject to hydrolysis) is 2. The van der Waals surface area contributed by atoms with Crippen molar-refractivity contribution >= 4 is 12.2 Å². The highest BCUT2D eigenvalue weighted by Crippen LogP contribution is 2.20. The number of nitrogens with one attached hydrogen (secondary N) is 2. The van der Waals surface area contributed by atoms with Crippen LogP contribution in [-0.4, -0.2) is 38.5 Å². The van der Waals surface area contributed by atoms with Crippen molar-refractivity contribution < 1.29 is 19.1 Å². The summed E-state index contributed by atoms with van der Waals surface area (Å²) in [5, 5.41) is 5.79. The van der Waals surface area contributed by atoms with Gasteiger partial charge in [0.2, 0.25) is 0 Å². The largest absolute Gasteiger partial charge is 0.450 e. The van der Waals surface area contributed by atoms with Crippen LogP contribution in [0.5, 0.6) is 0 Å². The minimum Gasteiger partial charge on any atom is -0.450 e. The SMILES string of the molecule is CCCCCCCCCCCCCCCCCCCCCCCCCCCCCCCCCCCCOC(=O)NCCCCCCNC(=O)OCCCCCCCCCCCCCCCCCCCCCCCCCCCCCCCCCCCC. The third-order valence-electron chi connectivity index (χ3n) is 19.1. The van der Waals surface area contributed by atoms with Gasteiger partial charge in [0.15, 0.2) is 0 Å². The molecule has 0 bridgehead atoms. The van der Waals surface area contributed by atoms with Gasteiger partial charge >= 0.3 is 12.2 Å². The highest BCUT2D eigenvalue weighted by Gasteiger charge is 2.05. The Balaban J connectivity index is 3.20. The zero-order valence-corrected chi connectivity index (χ0v) is 59.4. The molecule has 0 radical (unpaired) electrons. The number of hydrogen-bond acceptors (Lipinski definition) is 4. The molecule has 0 unspecified atom stereocenters. The number of carbonyl (C=O) groups is 2. The highest BCUT2D eigenvalue weighted by atomic mass is 16.6. The van der Waals surface area contributed by atoms with Gasteiger partial charge in [-0.05, 0) is 25.7 Å². The molecular weight excluding hydrogens is 1050 g/mol. The van der Waals surface area contributed by atoms with E-state index in [1.54, 1.807) is 0 Å². The zero-order valence-electron chi connectivity index (χ0n) is 59.4. The predicted molar refractivity (Wildman–Crippen MR) is 382 cm³/mol. The van der Waals surface area contributed by atoms with Gasteiger partial charge in [0, 0.05) is 13.1 Å². The average molecular weight is 1210 g/mol. The third kappa shape index (κ3) is 78.6.